The van der Waals surface area contributed by atoms with Gasteiger partial charge in [-0.1, -0.05) is 0 Å². The Morgan fingerprint density at radius 1 is 0.589 bits per heavy atom. The van der Waals surface area contributed by atoms with Crippen molar-refractivity contribution in [2.24, 2.45) is 11.8 Å². The van der Waals surface area contributed by atoms with Gasteiger partial charge in [-0.2, -0.15) is 0 Å². The van der Waals surface area contributed by atoms with Gasteiger partial charge in [0, 0.05) is 0 Å². The Kier molecular flexibility index (Phi) is 13.2. The molecule has 56 heavy (non-hydrogen) atoms. The number of benzene rings is 4. The van der Waals surface area contributed by atoms with Crippen LogP contribution < -0.4 is 10.5 Å². The van der Waals surface area contributed by atoms with Gasteiger partial charge in [-0.3, -0.25) is 0 Å². The number of nitrogens with one attached hydrogen (secondary N) is 2. The summed E-state index contributed by atoms with van der Waals surface area (Å²) in [6, 6.07) is 30.4. The Hall–Kier alpha value is -3.17. The minimum atomic E-state index is -6.04. The minimum absolute atomic E-state index is 0.190. The van der Waals surface area contributed by atoms with Gasteiger partial charge in [-0.25, -0.2) is 0 Å². The van der Waals surface area contributed by atoms with E-state index in [1.807, 2.05) is 13.8 Å². The van der Waals surface area contributed by atoms with Gasteiger partial charge < -0.3 is 0 Å². The third-order valence-electron chi connectivity index (χ3n) is 11.9. The van der Waals surface area contributed by atoms with Crippen molar-refractivity contribution >= 4 is 45.5 Å². The molecule has 0 radical (unpaired) electrons. The van der Waals surface area contributed by atoms with Crippen LogP contribution in [0, 0.1) is 11.8 Å². The molecular formula is C48H58BCl2N2O2Zr. The SMILES string of the molecule is CCC(=O)N[B](NC(=O)CC)[Zr]([Cl])([Cl])([CH]1C(CC(C)C)=Cc2c(-c3ccccc3CC)cccc21)[CH]1C(CC(C)C)=Cc2c(-c3ccccc3CC)cccc21. The van der Waals surface area contributed by atoms with E-state index in [0.29, 0.717) is 11.8 Å². The standard InChI is InChI=1S/2C21H23.C6H11BN2O2.2ClH.Zr/c2*1-4-17-8-5-6-10-19(17)20-11-7-9-18-13-16(12-15(2)3)14-21(18)20;1-3-5(10)8-7-9-6(11)4-2;;;/h2*5-11,13-15H,4,12H2,1-3H3;3-4H2,1-2H3,(H-,8,9,10,11);2*1H;/q;;;;;+1/p-1. The van der Waals surface area contributed by atoms with Crippen molar-refractivity contribution in [2.45, 2.75) is 101 Å². The van der Waals surface area contributed by atoms with Crippen LogP contribution in [0.5, 0.6) is 0 Å². The third-order valence-corrected chi connectivity index (χ3v) is 31.8. The van der Waals surface area contributed by atoms with Crippen molar-refractivity contribution in [3.8, 4) is 22.3 Å². The molecule has 0 bridgehead atoms. The first-order chi connectivity index (χ1) is 26.8. The number of hydrogen-bond acceptors (Lipinski definition) is 2. The number of halogens is 2. The molecule has 0 heterocycles. The van der Waals surface area contributed by atoms with Gasteiger partial charge in [-0.05, 0) is 0 Å². The molecule has 0 saturated heterocycles. The summed E-state index contributed by atoms with van der Waals surface area (Å²) in [5.74, 6) is 0.239. The molecule has 0 saturated carbocycles. The molecule has 0 spiro atoms. The molecule has 293 valence electrons. The zero-order valence-electron chi connectivity index (χ0n) is 34.4. The number of rotatable bonds is 15. The van der Waals surface area contributed by atoms with Crippen molar-refractivity contribution < 1.29 is 25.8 Å². The van der Waals surface area contributed by atoms with Gasteiger partial charge >= 0.3 is 346 Å². The molecule has 2 amide bonds. The van der Waals surface area contributed by atoms with E-state index in [-0.39, 0.29) is 24.7 Å². The van der Waals surface area contributed by atoms with E-state index in [9.17, 15) is 9.59 Å². The van der Waals surface area contributed by atoms with Crippen LogP contribution in [-0.4, -0.2) is 16.3 Å². The number of carbonyl (C=O) groups excluding carboxylic acids is 2. The van der Waals surface area contributed by atoms with E-state index in [0.717, 1.165) is 59.1 Å². The van der Waals surface area contributed by atoms with Crippen LogP contribution in [0.3, 0.4) is 0 Å². The number of amides is 2. The fourth-order valence-electron chi connectivity index (χ4n) is 9.52. The monoisotopic (exact) mass is 865 g/mol. The molecule has 2 aliphatic rings. The van der Waals surface area contributed by atoms with Crippen LogP contribution in [0.25, 0.3) is 34.4 Å². The normalized spacial score (nSPS) is 16.8. The maximum atomic E-state index is 13.8. The molecule has 6 rings (SSSR count). The maximum absolute atomic E-state index is 13.8. The van der Waals surface area contributed by atoms with Crippen LogP contribution in [-0.2, 0) is 38.6 Å². The van der Waals surface area contributed by atoms with Crippen molar-refractivity contribution in [3.63, 3.8) is 0 Å². The molecule has 4 nitrogen and oxygen atoms in total. The number of allylic oxidation sites excluding steroid dienone is 2. The van der Waals surface area contributed by atoms with Gasteiger partial charge in [0.25, 0.3) is 0 Å². The Balaban J connectivity index is 1.73. The van der Waals surface area contributed by atoms with Gasteiger partial charge in [-0.15, -0.1) is 0 Å². The zero-order valence-corrected chi connectivity index (χ0v) is 38.4. The molecule has 2 atom stereocenters. The van der Waals surface area contributed by atoms with Crippen LogP contribution in [0.4, 0.5) is 0 Å². The molecule has 0 aliphatic heterocycles. The van der Waals surface area contributed by atoms with Crippen molar-refractivity contribution in [2.75, 3.05) is 0 Å². The summed E-state index contributed by atoms with van der Waals surface area (Å²) in [7, 11) is 17.9. The van der Waals surface area contributed by atoms with Gasteiger partial charge in [0.05, 0.1) is 0 Å². The second-order valence-corrected chi connectivity index (χ2v) is 38.1. The van der Waals surface area contributed by atoms with E-state index in [1.54, 1.807) is 0 Å². The van der Waals surface area contributed by atoms with Crippen LogP contribution >= 0.6 is 17.0 Å². The Labute approximate surface area is 344 Å². The quantitative estimate of drug-likeness (QED) is 0.117. The van der Waals surface area contributed by atoms with Crippen LogP contribution in [0.2, 0.25) is 0 Å². The molecule has 2 unspecified atom stereocenters. The van der Waals surface area contributed by atoms with Crippen LogP contribution in [0.15, 0.2) is 96.1 Å². The molecule has 0 aromatic heterocycles. The predicted octanol–water partition coefficient (Wildman–Crippen LogP) is 12.8. The first-order valence-electron chi connectivity index (χ1n) is 20.8. The van der Waals surface area contributed by atoms with E-state index in [1.165, 1.54) is 33.4 Å². The summed E-state index contributed by atoms with van der Waals surface area (Å²) < 4.78 is -1.75. The second kappa shape index (κ2) is 17.4. The van der Waals surface area contributed by atoms with Gasteiger partial charge in [0.2, 0.25) is 0 Å². The molecule has 2 N–H and O–H groups in total. The summed E-state index contributed by atoms with van der Waals surface area (Å²) >= 11 is -6.04. The van der Waals surface area contributed by atoms with Gasteiger partial charge in [0.1, 0.15) is 0 Å². The van der Waals surface area contributed by atoms with E-state index >= 15 is 0 Å². The third kappa shape index (κ3) is 7.85. The topological polar surface area (TPSA) is 58.2 Å². The summed E-state index contributed by atoms with van der Waals surface area (Å²) in [5.41, 5.74) is 14.1. The first-order valence-corrected chi connectivity index (χ1v) is 31.3. The fourth-order valence-corrected chi connectivity index (χ4v) is 30.1. The Morgan fingerprint density at radius 3 is 1.32 bits per heavy atom. The number of hydrogen-bond donors (Lipinski definition) is 2. The molecule has 4 aromatic rings. The summed E-state index contributed by atoms with van der Waals surface area (Å²) in [6.45, 7) is 17.0. The molecule has 4 aromatic carbocycles. The van der Waals surface area contributed by atoms with Crippen molar-refractivity contribution in [3.05, 3.63) is 129 Å². The average molecular weight is 868 g/mol. The molecular weight excluding hydrogens is 809 g/mol. The number of aryl methyl sites for hydroxylation is 2. The van der Waals surface area contributed by atoms with E-state index in [4.69, 9.17) is 17.0 Å². The van der Waals surface area contributed by atoms with E-state index in [2.05, 4.69) is 149 Å². The number of carbonyl (C=O) groups is 2. The Morgan fingerprint density at radius 2 is 0.964 bits per heavy atom. The predicted molar refractivity (Wildman–Crippen MR) is 237 cm³/mol. The van der Waals surface area contributed by atoms with Crippen LogP contribution in [0.1, 0.15) is 122 Å². The summed E-state index contributed by atoms with van der Waals surface area (Å²) in [4.78, 5) is 27.5. The average Bonchev–Trinajstić information content (AvgIpc) is 3.75. The number of fused-ring (bicyclic) bond motifs is 2. The van der Waals surface area contributed by atoms with Crippen molar-refractivity contribution in [1.29, 1.82) is 0 Å². The Bertz CT molecular complexity index is 2040. The fraction of sp³-hybridized carbons (Fsp3) is 0.375. The molecule has 0 fully saturated rings. The van der Waals surface area contributed by atoms with Gasteiger partial charge in [0.15, 0.2) is 0 Å². The summed E-state index contributed by atoms with van der Waals surface area (Å²) in [6.07, 6.45) is 8.55. The molecule has 2 aliphatic carbocycles. The summed E-state index contributed by atoms with van der Waals surface area (Å²) in [5, 5.41) is 6.62. The first kappa shape index (κ1) is 42.4. The zero-order chi connectivity index (χ0) is 40.4. The second-order valence-electron chi connectivity index (χ2n) is 16.6. The van der Waals surface area contributed by atoms with E-state index < -0.39 is 27.9 Å². The van der Waals surface area contributed by atoms with Crippen molar-refractivity contribution in [1.82, 2.24) is 10.5 Å². The molecule has 8 heteroatoms.